The first kappa shape index (κ1) is 33.4. The molecule has 0 aliphatic carbocycles. The number of anilines is 1. The van der Waals surface area contributed by atoms with Gasteiger partial charge in [0.1, 0.15) is 11.6 Å². The van der Waals surface area contributed by atoms with Crippen LogP contribution in [0.3, 0.4) is 0 Å². The first-order valence-electron chi connectivity index (χ1n) is 15.4. The number of benzene rings is 3. The normalized spacial score (nSPS) is 16.4. The van der Waals surface area contributed by atoms with E-state index in [0.717, 1.165) is 30.4 Å². The molecule has 0 bridgehead atoms. The van der Waals surface area contributed by atoms with E-state index in [0.29, 0.717) is 30.0 Å². The summed E-state index contributed by atoms with van der Waals surface area (Å²) in [6.07, 6.45) is 3.27. The van der Waals surface area contributed by atoms with E-state index in [-0.39, 0.29) is 29.8 Å². The van der Waals surface area contributed by atoms with Crippen LogP contribution in [0.1, 0.15) is 65.8 Å². The van der Waals surface area contributed by atoms with E-state index in [1.54, 1.807) is 25.1 Å². The SMILES string of the molecule is C=C(CC)[C@H]1CCCN1C(=O)c1cc(OC)cc(C(=O)N[C@@H](Cc2ccccc2)[C@@H](N)C[C@@H](C)C(=O)Nc2ccc(F)cc2)c1. The van der Waals surface area contributed by atoms with Crippen molar-refractivity contribution in [3.05, 3.63) is 107 Å². The van der Waals surface area contributed by atoms with Crippen LogP contribution in [0.25, 0.3) is 0 Å². The summed E-state index contributed by atoms with van der Waals surface area (Å²) >= 11 is 0. The Kier molecular flexibility index (Phi) is 11.5. The zero-order valence-electron chi connectivity index (χ0n) is 26.2. The standard InChI is InChI=1S/C36H43FN4O4/c1-5-23(2)33-12-9-17-41(33)36(44)27-20-26(21-30(22-27)45-4)35(43)40-32(19-25-10-7-6-8-11-25)31(38)18-24(3)34(42)39-29-15-13-28(37)14-16-29/h6-8,10-11,13-16,20-22,24,31-33H,2,5,9,12,17-19,38H2,1,3-4H3,(H,39,42)(H,40,43)/t24-,31+,32+,33-/m1/s1. The van der Waals surface area contributed by atoms with Gasteiger partial charge in [-0.05, 0) is 80.1 Å². The molecule has 1 aliphatic rings. The summed E-state index contributed by atoms with van der Waals surface area (Å²) in [6.45, 7) is 8.59. The third kappa shape index (κ3) is 8.79. The number of ether oxygens (including phenoxy) is 1. The van der Waals surface area contributed by atoms with Crippen LogP contribution in [0.2, 0.25) is 0 Å². The van der Waals surface area contributed by atoms with Crippen molar-refractivity contribution in [2.45, 2.75) is 64.1 Å². The van der Waals surface area contributed by atoms with E-state index in [2.05, 4.69) is 17.2 Å². The van der Waals surface area contributed by atoms with Crippen LogP contribution >= 0.6 is 0 Å². The Morgan fingerprint density at radius 2 is 1.76 bits per heavy atom. The minimum atomic E-state index is -0.583. The Bertz CT molecular complexity index is 1490. The number of likely N-dealkylation sites (tertiary alicyclic amines) is 1. The van der Waals surface area contributed by atoms with E-state index in [4.69, 9.17) is 10.5 Å². The molecule has 3 amide bonds. The Balaban J connectivity index is 1.53. The number of nitrogens with two attached hydrogens (primary N) is 1. The zero-order valence-corrected chi connectivity index (χ0v) is 26.2. The lowest BCUT2D eigenvalue weighted by Crippen LogP contribution is -2.50. The fourth-order valence-corrected chi connectivity index (χ4v) is 5.71. The van der Waals surface area contributed by atoms with E-state index in [1.165, 1.54) is 31.4 Å². The fourth-order valence-electron chi connectivity index (χ4n) is 5.71. The number of carbonyl (C=O) groups is 3. The molecule has 0 aromatic heterocycles. The van der Waals surface area contributed by atoms with Gasteiger partial charge in [0.2, 0.25) is 5.91 Å². The lowest BCUT2D eigenvalue weighted by Gasteiger charge is -2.28. The van der Waals surface area contributed by atoms with Crippen molar-refractivity contribution >= 4 is 23.4 Å². The third-order valence-corrected chi connectivity index (χ3v) is 8.41. The Labute approximate surface area is 264 Å². The van der Waals surface area contributed by atoms with Gasteiger partial charge in [-0.25, -0.2) is 4.39 Å². The van der Waals surface area contributed by atoms with E-state index < -0.39 is 29.7 Å². The summed E-state index contributed by atoms with van der Waals surface area (Å²) in [5, 5.41) is 5.87. The van der Waals surface area contributed by atoms with Gasteiger partial charge in [-0.2, -0.15) is 0 Å². The van der Waals surface area contributed by atoms with Crippen LogP contribution in [0.4, 0.5) is 10.1 Å². The van der Waals surface area contributed by atoms with Crippen molar-refractivity contribution in [1.29, 1.82) is 0 Å². The molecular formula is C36H43FN4O4. The maximum Gasteiger partial charge on any atom is 0.254 e. The molecule has 9 heteroatoms. The first-order chi connectivity index (χ1) is 21.6. The quantitative estimate of drug-likeness (QED) is 0.213. The van der Waals surface area contributed by atoms with Crippen LogP contribution in [-0.2, 0) is 11.2 Å². The highest BCUT2D eigenvalue weighted by molar-refractivity contribution is 6.01. The Morgan fingerprint density at radius 1 is 1.07 bits per heavy atom. The second-order valence-electron chi connectivity index (χ2n) is 11.7. The number of nitrogens with one attached hydrogen (secondary N) is 2. The second kappa shape index (κ2) is 15.5. The molecule has 1 fully saturated rings. The smallest absolute Gasteiger partial charge is 0.254 e. The number of hydrogen-bond donors (Lipinski definition) is 3. The van der Waals surface area contributed by atoms with Crippen molar-refractivity contribution < 1.29 is 23.5 Å². The van der Waals surface area contributed by atoms with E-state index >= 15 is 0 Å². The number of carbonyl (C=O) groups excluding carboxylic acids is 3. The number of nitrogens with zero attached hydrogens (tertiary/aromatic N) is 1. The summed E-state index contributed by atoms with van der Waals surface area (Å²) < 4.78 is 18.8. The average Bonchev–Trinajstić information content (AvgIpc) is 3.55. The summed E-state index contributed by atoms with van der Waals surface area (Å²) in [5.41, 5.74) is 9.79. The Morgan fingerprint density at radius 3 is 2.42 bits per heavy atom. The molecular weight excluding hydrogens is 571 g/mol. The van der Waals surface area contributed by atoms with Gasteiger partial charge in [0, 0.05) is 41.4 Å². The maximum absolute atomic E-state index is 13.8. The highest BCUT2D eigenvalue weighted by atomic mass is 19.1. The van der Waals surface area contributed by atoms with Gasteiger partial charge in [-0.3, -0.25) is 14.4 Å². The lowest BCUT2D eigenvalue weighted by molar-refractivity contribution is -0.119. The first-order valence-corrected chi connectivity index (χ1v) is 15.4. The van der Waals surface area contributed by atoms with Crippen LogP contribution in [-0.4, -0.2) is 54.4 Å². The minimum Gasteiger partial charge on any atom is -0.497 e. The van der Waals surface area contributed by atoms with Gasteiger partial charge in [0.15, 0.2) is 0 Å². The van der Waals surface area contributed by atoms with Gasteiger partial charge in [0.25, 0.3) is 11.8 Å². The van der Waals surface area contributed by atoms with Crippen LogP contribution < -0.4 is 21.1 Å². The predicted molar refractivity (Wildman–Crippen MR) is 175 cm³/mol. The van der Waals surface area contributed by atoms with Crippen LogP contribution in [0.15, 0.2) is 84.9 Å². The largest absolute Gasteiger partial charge is 0.497 e. The molecule has 238 valence electrons. The molecule has 1 heterocycles. The molecule has 4 N–H and O–H groups in total. The van der Waals surface area contributed by atoms with E-state index in [9.17, 15) is 18.8 Å². The average molecular weight is 615 g/mol. The van der Waals surface area contributed by atoms with Crippen molar-refractivity contribution in [3.63, 3.8) is 0 Å². The third-order valence-electron chi connectivity index (χ3n) is 8.41. The molecule has 0 unspecified atom stereocenters. The maximum atomic E-state index is 13.8. The number of halogens is 1. The molecule has 4 atom stereocenters. The number of methoxy groups -OCH3 is 1. The molecule has 4 rings (SSSR count). The summed E-state index contributed by atoms with van der Waals surface area (Å²) in [6, 6.07) is 18.9. The zero-order chi connectivity index (χ0) is 32.5. The second-order valence-corrected chi connectivity index (χ2v) is 11.7. The molecule has 8 nitrogen and oxygen atoms in total. The molecule has 1 saturated heterocycles. The minimum absolute atomic E-state index is 0.0264. The number of rotatable bonds is 13. The van der Waals surface area contributed by atoms with Crippen molar-refractivity contribution in [3.8, 4) is 5.75 Å². The molecule has 45 heavy (non-hydrogen) atoms. The monoisotopic (exact) mass is 614 g/mol. The number of amides is 3. The predicted octanol–water partition coefficient (Wildman–Crippen LogP) is 5.74. The highest BCUT2D eigenvalue weighted by Gasteiger charge is 2.32. The van der Waals surface area contributed by atoms with Crippen molar-refractivity contribution in [2.24, 2.45) is 11.7 Å². The van der Waals surface area contributed by atoms with Gasteiger partial charge < -0.3 is 26.0 Å². The van der Waals surface area contributed by atoms with Gasteiger partial charge >= 0.3 is 0 Å². The van der Waals surface area contributed by atoms with Gasteiger partial charge in [0.05, 0.1) is 13.2 Å². The summed E-state index contributed by atoms with van der Waals surface area (Å²) in [4.78, 5) is 42.1. The Hall–Kier alpha value is -4.50. The van der Waals surface area contributed by atoms with Crippen LogP contribution in [0.5, 0.6) is 5.75 Å². The fraction of sp³-hybridized carbons (Fsp3) is 0.361. The summed E-state index contributed by atoms with van der Waals surface area (Å²) in [7, 11) is 1.50. The van der Waals surface area contributed by atoms with Gasteiger partial charge in [-0.1, -0.05) is 56.3 Å². The molecule has 3 aromatic rings. The van der Waals surface area contributed by atoms with E-state index in [1.807, 2.05) is 42.2 Å². The molecule has 0 saturated carbocycles. The van der Waals surface area contributed by atoms with Crippen molar-refractivity contribution in [1.82, 2.24) is 10.2 Å². The molecule has 1 aliphatic heterocycles. The lowest BCUT2D eigenvalue weighted by atomic mass is 9.91. The van der Waals surface area contributed by atoms with Gasteiger partial charge in [-0.15, -0.1) is 0 Å². The molecule has 3 aromatic carbocycles. The molecule has 0 spiro atoms. The highest BCUT2D eigenvalue weighted by Crippen LogP contribution is 2.28. The van der Waals surface area contributed by atoms with Crippen LogP contribution in [0, 0.1) is 11.7 Å². The number of hydrogen-bond acceptors (Lipinski definition) is 5. The topological polar surface area (TPSA) is 114 Å². The summed E-state index contributed by atoms with van der Waals surface area (Å²) in [5.74, 6) is -1.32. The molecule has 0 radical (unpaired) electrons. The van der Waals surface area contributed by atoms with Crippen molar-refractivity contribution in [2.75, 3.05) is 19.0 Å².